The average molecular weight is 422 g/mol. The lowest BCUT2D eigenvalue weighted by atomic mass is 9.87. The highest BCUT2D eigenvalue weighted by molar-refractivity contribution is 14.0. The van der Waals surface area contributed by atoms with Crippen molar-refractivity contribution >= 4 is 35.8 Å². The molecule has 0 atom stereocenters. The summed E-state index contributed by atoms with van der Waals surface area (Å²) in [7, 11) is 0. The van der Waals surface area contributed by atoms with Gasteiger partial charge in [0.1, 0.15) is 0 Å². The molecular weight excluding hydrogens is 391 g/mol. The van der Waals surface area contributed by atoms with E-state index in [9.17, 15) is 4.79 Å². The molecule has 2 rings (SSSR count). The predicted molar refractivity (Wildman–Crippen MR) is 102 cm³/mol. The van der Waals surface area contributed by atoms with Gasteiger partial charge in [-0.2, -0.15) is 0 Å². The van der Waals surface area contributed by atoms with Gasteiger partial charge in [-0.15, -0.1) is 24.0 Å². The van der Waals surface area contributed by atoms with Gasteiger partial charge in [0.2, 0.25) is 5.91 Å². The van der Waals surface area contributed by atoms with Crippen LogP contribution in [0.5, 0.6) is 0 Å². The van der Waals surface area contributed by atoms with Crippen molar-refractivity contribution in [2.45, 2.75) is 64.3 Å². The van der Waals surface area contributed by atoms with Crippen molar-refractivity contribution in [3.05, 3.63) is 0 Å². The lowest BCUT2D eigenvalue weighted by Crippen LogP contribution is -2.39. The zero-order chi connectivity index (χ0) is 14.9. The topological polar surface area (TPSA) is 65.5 Å². The molecule has 5 nitrogen and oxygen atoms in total. The Labute approximate surface area is 151 Å². The number of guanidine groups is 1. The molecular formula is C16H31IN4O. The van der Waals surface area contributed by atoms with Crippen molar-refractivity contribution < 1.29 is 4.79 Å². The smallest absolute Gasteiger partial charge is 0.220 e. The number of carbonyl (C=O) groups excluding carboxylic acids is 1. The van der Waals surface area contributed by atoms with E-state index in [1.54, 1.807) is 0 Å². The van der Waals surface area contributed by atoms with Crippen LogP contribution in [0.1, 0.15) is 58.3 Å². The van der Waals surface area contributed by atoms with E-state index in [-0.39, 0.29) is 29.9 Å². The fraction of sp³-hybridized carbons (Fsp3) is 0.875. The van der Waals surface area contributed by atoms with Gasteiger partial charge in [0.25, 0.3) is 0 Å². The summed E-state index contributed by atoms with van der Waals surface area (Å²) in [5.74, 6) is 1.68. The zero-order valence-electron chi connectivity index (χ0n) is 13.7. The zero-order valence-corrected chi connectivity index (χ0v) is 16.0. The number of carbonyl (C=O) groups is 1. The van der Waals surface area contributed by atoms with E-state index in [1.165, 1.54) is 44.9 Å². The van der Waals surface area contributed by atoms with Crippen LogP contribution < -0.4 is 16.0 Å². The Kier molecular flexibility index (Phi) is 9.82. The molecule has 2 aliphatic rings. The Hall–Kier alpha value is -0.530. The van der Waals surface area contributed by atoms with Crippen molar-refractivity contribution in [1.82, 2.24) is 16.0 Å². The Morgan fingerprint density at radius 1 is 1.09 bits per heavy atom. The minimum atomic E-state index is 0. The van der Waals surface area contributed by atoms with Crippen LogP contribution in [0.3, 0.4) is 0 Å². The Bertz CT molecular complexity index is 352. The SMILES string of the molecule is CCNC(=NCCNC(=O)CC1CCCCC1)NC1CC1.I. The molecule has 0 heterocycles. The summed E-state index contributed by atoms with van der Waals surface area (Å²) in [6.07, 6.45) is 9.55. The second-order valence-corrected chi connectivity index (χ2v) is 6.24. The second-order valence-electron chi connectivity index (χ2n) is 6.24. The van der Waals surface area contributed by atoms with Crippen LogP contribution in [0.2, 0.25) is 0 Å². The fourth-order valence-corrected chi connectivity index (χ4v) is 2.83. The monoisotopic (exact) mass is 422 g/mol. The molecule has 2 saturated carbocycles. The van der Waals surface area contributed by atoms with E-state index in [2.05, 4.69) is 27.9 Å². The highest BCUT2D eigenvalue weighted by atomic mass is 127. The number of nitrogens with zero attached hydrogens (tertiary/aromatic N) is 1. The summed E-state index contributed by atoms with van der Waals surface area (Å²) in [6, 6.07) is 0.601. The van der Waals surface area contributed by atoms with E-state index >= 15 is 0 Å². The third kappa shape index (κ3) is 8.19. The third-order valence-corrected chi connectivity index (χ3v) is 4.17. The summed E-state index contributed by atoms with van der Waals surface area (Å²) in [4.78, 5) is 16.4. The fourth-order valence-electron chi connectivity index (χ4n) is 2.83. The van der Waals surface area contributed by atoms with Crippen LogP contribution in [0, 0.1) is 5.92 Å². The third-order valence-electron chi connectivity index (χ3n) is 4.17. The number of nitrogens with one attached hydrogen (secondary N) is 3. The van der Waals surface area contributed by atoms with Gasteiger partial charge in [0.15, 0.2) is 5.96 Å². The molecule has 6 heteroatoms. The Morgan fingerprint density at radius 2 is 1.82 bits per heavy atom. The molecule has 0 saturated heterocycles. The van der Waals surface area contributed by atoms with Crippen LogP contribution in [0.4, 0.5) is 0 Å². The lowest BCUT2D eigenvalue weighted by molar-refractivity contribution is -0.122. The number of halogens is 1. The maximum atomic E-state index is 11.9. The number of amides is 1. The first-order valence-electron chi connectivity index (χ1n) is 8.59. The number of hydrogen-bond donors (Lipinski definition) is 3. The normalized spacial score (nSPS) is 19.2. The standard InChI is InChI=1S/C16H30N4O.HI/c1-2-17-16(20-14-8-9-14)19-11-10-18-15(21)12-13-6-4-3-5-7-13;/h13-14H,2-12H2,1H3,(H,18,21)(H2,17,19,20);1H. The van der Waals surface area contributed by atoms with Gasteiger partial charge >= 0.3 is 0 Å². The van der Waals surface area contributed by atoms with E-state index in [4.69, 9.17) is 0 Å². The van der Waals surface area contributed by atoms with Crippen LogP contribution >= 0.6 is 24.0 Å². The minimum absolute atomic E-state index is 0. The second kappa shape index (κ2) is 11.1. The molecule has 0 bridgehead atoms. The van der Waals surface area contributed by atoms with Gasteiger partial charge in [0.05, 0.1) is 6.54 Å². The largest absolute Gasteiger partial charge is 0.357 e. The molecule has 0 radical (unpaired) electrons. The Balaban J connectivity index is 0.00000242. The summed E-state index contributed by atoms with van der Waals surface area (Å²) >= 11 is 0. The van der Waals surface area contributed by atoms with Crippen molar-refractivity contribution in [2.75, 3.05) is 19.6 Å². The van der Waals surface area contributed by atoms with Crippen LogP contribution in [0.15, 0.2) is 4.99 Å². The summed E-state index contributed by atoms with van der Waals surface area (Å²) in [5.41, 5.74) is 0. The predicted octanol–water partition coefficient (Wildman–Crippen LogP) is 2.41. The van der Waals surface area contributed by atoms with Gasteiger partial charge in [-0.05, 0) is 38.5 Å². The van der Waals surface area contributed by atoms with E-state index in [1.807, 2.05) is 0 Å². The Morgan fingerprint density at radius 3 is 2.45 bits per heavy atom. The first kappa shape index (κ1) is 19.5. The highest BCUT2D eigenvalue weighted by Gasteiger charge is 2.22. The van der Waals surface area contributed by atoms with Gasteiger partial charge in [-0.3, -0.25) is 9.79 Å². The first-order valence-corrected chi connectivity index (χ1v) is 8.59. The van der Waals surface area contributed by atoms with Gasteiger partial charge < -0.3 is 16.0 Å². The van der Waals surface area contributed by atoms with E-state index in [0.717, 1.165) is 12.5 Å². The van der Waals surface area contributed by atoms with Crippen molar-refractivity contribution in [3.63, 3.8) is 0 Å². The highest BCUT2D eigenvalue weighted by Crippen LogP contribution is 2.25. The lowest BCUT2D eigenvalue weighted by Gasteiger charge is -2.20. The van der Waals surface area contributed by atoms with Crippen LogP contribution in [0.25, 0.3) is 0 Å². The molecule has 0 unspecified atom stereocenters. The van der Waals surface area contributed by atoms with Crippen LogP contribution in [-0.4, -0.2) is 37.5 Å². The molecule has 0 aromatic heterocycles. The number of rotatable bonds is 7. The maximum Gasteiger partial charge on any atom is 0.220 e. The molecule has 0 aliphatic heterocycles. The average Bonchev–Trinajstić information content (AvgIpc) is 3.29. The van der Waals surface area contributed by atoms with Crippen molar-refractivity contribution in [3.8, 4) is 0 Å². The summed E-state index contributed by atoms with van der Waals surface area (Å²) < 4.78 is 0. The molecule has 128 valence electrons. The quantitative estimate of drug-likeness (QED) is 0.256. The van der Waals surface area contributed by atoms with Crippen molar-refractivity contribution in [1.29, 1.82) is 0 Å². The maximum absolute atomic E-state index is 11.9. The molecule has 2 fully saturated rings. The molecule has 22 heavy (non-hydrogen) atoms. The molecule has 0 aromatic carbocycles. The first-order chi connectivity index (χ1) is 10.3. The molecule has 0 spiro atoms. The van der Waals surface area contributed by atoms with Crippen molar-refractivity contribution in [2.24, 2.45) is 10.9 Å². The van der Waals surface area contributed by atoms with Crippen LogP contribution in [-0.2, 0) is 4.79 Å². The minimum Gasteiger partial charge on any atom is -0.357 e. The molecule has 1 amide bonds. The van der Waals surface area contributed by atoms with Gasteiger partial charge in [0, 0.05) is 25.6 Å². The van der Waals surface area contributed by atoms with E-state index in [0.29, 0.717) is 31.5 Å². The molecule has 0 aromatic rings. The summed E-state index contributed by atoms with van der Waals surface area (Å²) in [6.45, 7) is 4.20. The summed E-state index contributed by atoms with van der Waals surface area (Å²) in [5, 5.41) is 9.60. The number of aliphatic imine (C=N–C) groups is 1. The molecule has 2 aliphatic carbocycles. The van der Waals surface area contributed by atoms with Gasteiger partial charge in [-0.25, -0.2) is 0 Å². The number of hydrogen-bond acceptors (Lipinski definition) is 2. The molecule has 3 N–H and O–H groups in total. The van der Waals surface area contributed by atoms with E-state index < -0.39 is 0 Å². The van der Waals surface area contributed by atoms with Gasteiger partial charge in [-0.1, -0.05) is 19.3 Å².